The minimum absolute atomic E-state index is 0.257. The van der Waals surface area contributed by atoms with Gasteiger partial charge in [-0.1, -0.05) is 123 Å². The summed E-state index contributed by atoms with van der Waals surface area (Å²) < 4.78 is 0. The second-order valence-electron chi connectivity index (χ2n) is 9.00. The largest absolute Gasteiger partial charge is 0.319 e. The summed E-state index contributed by atoms with van der Waals surface area (Å²) >= 11 is 0. The maximum absolute atomic E-state index is 12.4. The van der Waals surface area contributed by atoms with Crippen LogP contribution in [0.15, 0.2) is 12.8 Å². The third-order valence-electron chi connectivity index (χ3n) is 6.46. The van der Waals surface area contributed by atoms with E-state index in [2.05, 4.69) is 13.5 Å². The van der Waals surface area contributed by atoms with Crippen molar-refractivity contribution < 1.29 is 4.79 Å². The normalized spacial score (nSPS) is 17.7. The highest BCUT2D eigenvalue weighted by Gasteiger charge is 2.24. The number of likely N-dealkylation sites (tertiary alicyclic amines) is 1. The van der Waals surface area contributed by atoms with Crippen molar-refractivity contribution in [1.82, 2.24) is 4.90 Å². The van der Waals surface area contributed by atoms with E-state index in [-0.39, 0.29) is 5.92 Å². The number of hydrogen-bond donors (Lipinski definition) is 0. The Hall–Kier alpha value is -0.790. The van der Waals surface area contributed by atoms with Crippen molar-refractivity contribution in [3.8, 4) is 0 Å². The Morgan fingerprint density at radius 1 is 0.786 bits per heavy atom. The fourth-order valence-electron chi connectivity index (χ4n) is 4.53. The van der Waals surface area contributed by atoms with Gasteiger partial charge in [0.1, 0.15) is 0 Å². The van der Waals surface area contributed by atoms with Crippen LogP contribution in [-0.2, 0) is 4.79 Å². The summed E-state index contributed by atoms with van der Waals surface area (Å²) in [6, 6.07) is 0. The molecule has 0 aromatic carbocycles. The van der Waals surface area contributed by atoms with Crippen LogP contribution < -0.4 is 0 Å². The molecule has 0 spiro atoms. The van der Waals surface area contributed by atoms with E-state index in [9.17, 15) is 4.79 Å². The van der Waals surface area contributed by atoms with Crippen molar-refractivity contribution in [2.24, 2.45) is 5.92 Å². The van der Waals surface area contributed by atoms with E-state index in [0.717, 1.165) is 25.8 Å². The Labute approximate surface area is 176 Å². The molecule has 28 heavy (non-hydrogen) atoms. The van der Waals surface area contributed by atoms with Crippen molar-refractivity contribution in [1.29, 1.82) is 0 Å². The summed E-state index contributed by atoms with van der Waals surface area (Å²) in [7, 11) is 0. The number of carbonyl (C=O) groups excluding carboxylic acids is 1. The molecule has 1 amide bonds. The van der Waals surface area contributed by atoms with E-state index in [0.29, 0.717) is 5.91 Å². The number of nitrogens with zero attached hydrogens (tertiary/aromatic N) is 1. The molecule has 1 aliphatic heterocycles. The zero-order valence-electron chi connectivity index (χ0n) is 19.1. The Kier molecular flexibility index (Phi) is 16.5. The lowest BCUT2D eigenvalue weighted by Crippen LogP contribution is -2.30. The second kappa shape index (κ2) is 18.3. The first-order chi connectivity index (χ1) is 13.8. The molecule has 0 aromatic rings. The molecule has 0 aromatic heterocycles. The van der Waals surface area contributed by atoms with Crippen molar-refractivity contribution >= 4 is 5.91 Å². The van der Waals surface area contributed by atoms with Gasteiger partial charge in [0, 0.05) is 12.5 Å². The molecule has 1 aliphatic rings. The number of unbranched alkanes of at least 4 members (excludes halogenated alkanes) is 15. The first kappa shape index (κ1) is 25.2. The molecule has 0 aliphatic carbocycles. The van der Waals surface area contributed by atoms with Crippen LogP contribution in [0.4, 0.5) is 0 Å². The summed E-state index contributed by atoms with van der Waals surface area (Å²) in [5, 5.41) is 0. The van der Waals surface area contributed by atoms with Crippen LogP contribution in [0.1, 0.15) is 135 Å². The van der Waals surface area contributed by atoms with Crippen molar-refractivity contribution in [2.45, 2.75) is 135 Å². The maximum atomic E-state index is 12.4. The molecule has 1 saturated heterocycles. The Morgan fingerprint density at radius 3 is 1.71 bits per heavy atom. The fourth-order valence-corrected chi connectivity index (χ4v) is 4.53. The van der Waals surface area contributed by atoms with Gasteiger partial charge in [0.05, 0.1) is 0 Å². The quantitative estimate of drug-likeness (QED) is 0.215. The summed E-state index contributed by atoms with van der Waals surface area (Å²) in [5.74, 6) is 0.584. The number of rotatable bonds is 18. The molecule has 1 fully saturated rings. The summed E-state index contributed by atoms with van der Waals surface area (Å²) in [6.45, 7) is 6.96. The predicted molar refractivity (Wildman–Crippen MR) is 123 cm³/mol. The van der Waals surface area contributed by atoms with Gasteiger partial charge in [-0.2, -0.15) is 0 Å². The van der Waals surface area contributed by atoms with Crippen LogP contribution in [0.25, 0.3) is 0 Å². The van der Waals surface area contributed by atoms with Crippen LogP contribution in [0, 0.1) is 5.92 Å². The minimum atomic E-state index is 0.257. The Morgan fingerprint density at radius 2 is 1.25 bits per heavy atom. The van der Waals surface area contributed by atoms with E-state index in [1.807, 2.05) is 4.90 Å². The zero-order valence-corrected chi connectivity index (χ0v) is 19.1. The van der Waals surface area contributed by atoms with Gasteiger partial charge in [-0.15, -0.1) is 0 Å². The first-order valence-electron chi connectivity index (χ1n) is 12.7. The van der Waals surface area contributed by atoms with Crippen LogP contribution in [0.3, 0.4) is 0 Å². The molecule has 0 bridgehead atoms. The molecule has 1 atom stereocenters. The molecule has 1 heterocycles. The lowest BCUT2D eigenvalue weighted by atomic mass is 9.95. The van der Waals surface area contributed by atoms with E-state index in [4.69, 9.17) is 0 Å². The van der Waals surface area contributed by atoms with Gasteiger partial charge in [-0.05, 0) is 25.5 Å². The molecule has 2 nitrogen and oxygen atoms in total. The smallest absolute Gasteiger partial charge is 0.229 e. The monoisotopic (exact) mass is 391 g/mol. The molecule has 0 N–H and O–H groups in total. The number of hydrogen-bond acceptors (Lipinski definition) is 1. The highest BCUT2D eigenvalue weighted by atomic mass is 16.2. The third-order valence-corrected chi connectivity index (χ3v) is 6.46. The Bertz CT molecular complexity index is 379. The standard InChI is InChI=1S/C26H49NO/c1-3-5-6-7-8-9-10-11-12-13-14-15-16-17-18-19-22-25-23-20-21-24-27(4-2)26(25)28/h4,25H,2-3,5-24H2,1H3. The number of carbonyl (C=O) groups is 1. The molecule has 0 saturated carbocycles. The Balaban J connectivity index is 1.84. The van der Waals surface area contributed by atoms with Gasteiger partial charge in [0.2, 0.25) is 5.91 Å². The van der Waals surface area contributed by atoms with Gasteiger partial charge < -0.3 is 4.90 Å². The molecule has 1 unspecified atom stereocenters. The lowest BCUT2D eigenvalue weighted by molar-refractivity contribution is -0.132. The minimum Gasteiger partial charge on any atom is -0.319 e. The van der Waals surface area contributed by atoms with Crippen LogP contribution in [0.5, 0.6) is 0 Å². The van der Waals surface area contributed by atoms with Crippen molar-refractivity contribution in [3.63, 3.8) is 0 Å². The van der Waals surface area contributed by atoms with Crippen LogP contribution >= 0.6 is 0 Å². The SMILES string of the molecule is C=CN1CCCCC(CCCCCCCCCCCCCCCCCC)C1=O. The molecular formula is C26H49NO. The van der Waals surface area contributed by atoms with Crippen LogP contribution in [0.2, 0.25) is 0 Å². The fraction of sp³-hybridized carbons (Fsp3) is 0.885. The van der Waals surface area contributed by atoms with Gasteiger partial charge in [-0.25, -0.2) is 0 Å². The average molecular weight is 392 g/mol. The highest BCUT2D eigenvalue weighted by molar-refractivity contribution is 5.79. The topological polar surface area (TPSA) is 20.3 Å². The maximum Gasteiger partial charge on any atom is 0.229 e. The summed E-state index contributed by atoms with van der Waals surface area (Å²) in [5.41, 5.74) is 0. The first-order valence-corrected chi connectivity index (χ1v) is 12.7. The molecular weight excluding hydrogens is 342 g/mol. The molecule has 164 valence electrons. The third kappa shape index (κ3) is 12.6. The van der Waals surface area contributed by atoms with Gasteiger partial charge in [0.25, 0.3) is 0 Å². The highest BCUT2D eigenvalue weighted by Crippen LogP contribution is 2.23. The zero-order chi connectivity index (χ0) is 20.3. The summed E-state index contributed by atoms with van der Waals surface area (Å²) in [6.07, 6.45) is 28.7. The van der Waals surface area contributed by atoms with Crippen molar-refractivity contribution in [3.05, 3.63) is 12.8 Å². The van der Waals surface area contributed by atoms with E-state index < -0.39 is 0 Å². The number of amides is 1. The summed E-state index contributed by atoms with van der Waals surface area (Å²) in [4.78, 5) is 14.3. The van der Waals surface area contributed by atoms with E-state index in [1.165, 1.54) is 109 Å². The average Bonchev–Trinajstić information content (AvgIpc) is 2.88. The van der Waals surface area contributed by atoms with E-state index >= 15 is 0 Å². The van der Waals surface area contributed by atoms with Crippen LogP contribution in [-0.4, -0.2) is 17.4 Å². The lowest BCUT2D eigenvalue weighted by Gasteiger charge is -2.20. The van der Waals surface area contributed by atoms with Gasteiger partial charge in [0.15, 0.2) is 0 Å². The van der Waals surface area contributed by atoms with Gasteiger partial charge in [-0.3, -0.25) is 4.79 Å². The molecule has 0 radical (unpaired) electrons. The van der Waals surface area contributed by atoms with E-state index in [1.54, 1.807) is 6.20 Å². The molecule has 1 rings (SSSR count). The van der Waals surface area contributed by atoms with Crippen molar-refractivity contribution in [2.75, 3.05) is 6.54 Å². The molecule has 2 heteroatoms. The second-order valence-corrected chi connectivity index (χ2v) is 9.00. The van der Waals surface area contributed by atoms with Gasteiger partial charge >= 0.3 is 0 Å². The predicted octanol–water partition coefficient (Wildman–Crippen LogP) is 8.41.